The zero-order valence-electron chi connectivity index (χ0n) is 14.9. The molecule has 0 N–H and O–H groups in total. The second-order valence-electron chi connectivity index (χ2n) is 5.69. The van der Waals surface area contributed by atoms with Crippen molar-refractivity contribution in [1.82, 2.24) is 0 Å². The maximum absolute atomic E-state index is 12.9. The van der Waals surface area contributed by atoms with Crippen LogP contribution < -0.4 is 4.31 Å². The normalized spacial score (nSPS) is 12.3. The Morgan fingerprint density at radius 2 is 1.62 bits per heavy atom. The van der Waals surface area contributed by atoms with Gasteiger partial charge < -0.3 is 4.74 Å². The molecule has 138 valence electrons. The van der Waals surface area contributed by atoms with Crippen molar-refractivity contribution in [3.05, 3.63) is 60.2 Å². The number of hydrogen-bond donors (Lipinski definition) is 0. The third kappa shape index (κ3) is 4.29. The van der Waals surface area contributed by atoms with Crippen LogP contribution in [-0.4, -0.2) is 32.8 Å². The van der Waals surface area contributed by atoms with Crippen LogP contribution in [0.2, 0.25) is 0 Å². The van der Waals surface area contributed by atoms with Crippen molar-refractivity contribution in [3.8, 4) is 0 Å². The Balaban J connectivity index is 2.26. The van der Waals surface area contributed by atoms with Crippen molar-refractivity contribution in [1.29, 1.82) is 0 Å². The second-order valence-corrected chi connectivity index (χ2v) is 7.55. The number of rotatable bonds is 7. The van der Waals surface area contributed by atoms with Crippen LogP contribution in [0.1, 0.15) is 31.1 Å². The van der Waals surface area contributed by atoms with E-state index in [1.807, 2.05) is 6.07 Å². The van der Waals surface area contributed by atoms with Crippen molar-refractivity contribution < 1.29 is 22.7 Å². The molecule has 0 saturated carbocycles. The molecule has 26 heavy (non-hydrogen) atoms. The van der Waals surface area contributed by atoms with Crippen LogP contribution in [-0.2, 0) is 19.6 Å². The number of benzene rings is 2. The lowest BCUT2D eigenvalue weighted by molar-refractivity contribution is -0.124. The second kappa shape index (κ2) is 8.14. The first-order valence-electron chi connectivity index (χ1n) is 8.16. The molecule has 0 aromatic heterocycles. The molecule has 2 aromatic rings. The molecule has 1 unspecified atom stereocenters. The average Bonchev–Trinajstić information content (AvgIpc) is 2.63. The predicted molar refractivity (Wildman–Crippen MR) is 98.6 cm³/mol. The number of sulfonamides is 1. The molecular formula is C19H21NO5S. The molecule has 0 aliphatic heterocycles. The number of hydrogen-bond acceptors (Lipinski definition) is 5. The van der Waals surface area contributed by atoms with Crippen molar-refractivity contribution in [2.45, 2.75) is 31.8 Å². The van der Waals surface area contributed by atoms with Gasteiger partial charge in [0.05, 0.1) is 16.1 Å². The summed E-state index contributed by atoms with van der Waals surface area (Å²) in [7, 11) is -3.76. The van der Waals surface area contributed by atoms with Gasteiger partial charge in [-0.05, 0) is 57.2 Å². The highest BCUT2D eigenvalue weighted by Gasteiger charge is 2.24. The standard InChI is InChI=1S/C19H21NO5S/c1-4-20(17-8-6-5-7-9-17)26(23,24)18-12-10-16(11-13-18)19(22)25-15(3)14(2)21/h5-13,15H,4H2,1-3H3. The summed E-state index contributed by atoms with van der Waals surface area (Å²) < 4.78 is 32.1. The van der Waals surface area contributed by atoms with Crippen LogP contribution in [0.25, 0.3) is 0 Å². The average molecular weight is 375 g/mol. The Kier molecular flexibility index (Phi) is 6.15. The van der Waals surface area contributed by atoms with Gasteiger partial charge >= 0.3 is 5.97 Å². The van der Waals surface area contributed by atoms with Gasteiger partial charge in [-0.15, -0.1) is 0 Å². The number of ketones is 1. The van der Waals surface area contributed by atoms with Gasteiger partial charge in [-0.3, -0.25) is 9.10 Å². The highest BCUT2D eigenvalue weighted by Crippen LogP contribution is 2.23. The van der Waals surface area contributed by atoms with Gasteiger partial charge in [-0.25, -0.2) is 13.2 Å². The minimum atomic E-state index is -3.76. The molecule has 0 aliphatic rings. The van der Waals surface area contributed by atoms with Crippen molar-refractivity contribution in [2.75, 3.05) is 10.8 Å². The Morgan fingerprint density at radius 1 is 1.04 bits per heavy atom. The fraction of sp³-hybridized carbons (Fsp3) is 0.263. The van der Waals surface area contributed by atoms with E-state index < -0.39 is 22.1 Å². The van der Waals surface area contributed by atoms with Gasteiger partial charge in [0.25, 0.3) is 10.0 Å². The summed E-state index contributed by atoms with van der Waals surface area (Å²) in [4.78, 5) is 23.2. The van der Waals surface area contributed by atoms with Crippen LogP contribution in [0.15, 0.2) is 59.5 Å². The fourth-order valence-corrected chi connectivity index (χ4v) is 3.76. The lowest BCUT2D eigenvalue weighted by Crippen LogP contribution is -2.30. The lowest BCUT2D eigenvalue weighted by atomic mass is 10.2. The third-order valence-electron chi connectivity index (χ3n) is 3.87. The number of nitrogens with zero attached hydrogens (tertiary/aromatic N) is 1. The molecule has 0 fully saturated rings. The Labute approximate surface area is 153 Å². The first kappa shape index (κ1) is 19.7. The Morgan fingerprint density at radius 3 is 2.12 bits per heavy atom. The summed E-state index contributed by atoms with van der Waals surface area (Å²) in [5.41, 5.74) is 0.744. The number of ether oxygens (including phenoxy) is 1. The summed E-state index contributed by atoms with van der Waals surface area (Å²) in [5, 5.41) is 0. The van der Waals surface area contributed by atoms with Gasteiger partial charge in [-0.2, -0.15) is 0 Å². The summed E-state index contributed by atoms with van der Waals surface area (Å²) in [6, 6.07) is 14.2. The van der Waals surface area contributed by atoms with Crippen LogP contribution in [0.3, 0.4) is 0 Å². The van der Waals surface area contributed by atoms with Crippen LogP contribution in [0.5, 0.6) is 0 Å². The minimum Gasteiger partial charge on any atom is -0.451 e. The zero-order chi connectivity index (χ0) is 19.3. The van der Waals surface area contributed by atoms with Crippen LogP contribution in [0.4, 0.5) is 5.69 Å². The number of carbonyl (C=O) groups is 2. The monoisotopic (exact) mass is 375 g/mol. The maximum atomic E-state index is 12.9. The molecule has 0 saturated heterocycles. The topological polar surface area (TPSA) is 80.8 Å². The molecule has 1 atom stereocenters. The number of Topliss-reactive ketones (excluding diaryl/α,β-unsaturated/α-hetero) is 1. The van der Waals surface area contributed by atoms with E-state index in [1.165, 1.54) is 42.4 Å². The zero-order valence-corrected chi connectivity index (χ0v) is 15.7. The van der Waals surface area contributed by atoms with E-state index >= 15 is 0 Å². The summed E-state index contributed by atoms with van der Waals surface area (Å²) in [5.74, 6) is -0.939. The third-order valence-corrected chi connectivity index (χ3v) is 5.78. The van der Waals surface area contributed by atoms with E-state index in [0.29, 0.717) is 5.69 Å². The summed E-state index contributed by atoms with van der Waals surface area (Å²) >= 11 is 0. The van der Waals surface area contributed by atoms with E-state index in [2.05, 4.69) is 0 Å². The van der Waals surface area contributed by atoms with Gasteiger partial charge in [0.1, 0.15) is 0 Å². The molecule has 7 heteroatoms. The van der Waals surface area contributed by atoms with Gasteiger partial charge in [0, 0.05) is 6.54 Å². The Bertz CT molecular complexity index is 876. The molecule has 0 radical (unpaired) electrons. The van der Waals surface area contributed by atoms with E-state index in [0.717, 1.165) is 0 Å². The van der Waals surface area contributed by atoms with E-state index in [1.54, 1.807) is 31.2 Å². The quantitative estimate of drug-likeness (QED) is 0.695. The lowest BCUT2D eigenvalue weighted by Gasteiger charge is -2.23. The first-order valence-corrected chi connectivity index (χ1v) is 9.60. The van der Waals surface area contributed by atoms with Crippen molar-refractivity contribution in [3.63, 3.8) is 0 Å². The molecule has 2 rings (SSSR count). The van der Waals surface area contributed by atoms with Crippen molar-refractivity contribution in [2.24, 2.45) is 0 Å². The number of para-hydroxylation sites is 1. The van der Waals surface area contributed by atoms with E-state index in [-0.39, 0.29) is 22.8 Å². The molecular weight excluding hydrogens is 354 g/mol. The van der Waals surface area contributed by atoms with Crippen LogP contribution in [0, 0.1) is 0 Å². The van der Waals surface area contributed by atoms with Crippen LogP contribution >= 0.6 is 0 Å². The van der Waals surface area contributed by atoms with Gasteiger partial charge in [0.2, 0.25) is 0 Å². The van der Waals surface area contributed by atoms with Gasteiger partial charge in [0.15, 0.2) is 11.9 Å². The first-order chi connectivity index (χ1) is 12.3. The van der Waals surface area contributed by atoms with E-state index in [4.69, 9.17) is 4.74 Å². The molecule has 0 bridgehead atoms. The highest BCUT2D eigenvalue weighted by molar-refractivity contribution is 7.92. The van der Waals surface area contributed by atoms with Gasteiger partial charge in [-0.1, -0.05) is 18.2 Å². The summed E-state index contributed by atoms with van der Waals surface area (Å²) in [6.07, 6.45) is -0.848. The molecule has 0 spiro atoms. The molecule has 0 amide bonds. The fourth-order valence-electron chi connectivity index (χ4n) is 2.29. The molecule has 0 aliphatic carbocycles. The van der Waals surface area contributed by atoms with Crippen molar-refractivity contribution >= 4 is 27.5 Å². The SMILES string of the molecule is CCN(c1ccccc1)S(=O)(=O)c1ccc(C(=O)OC(C)C(C)=O)cc1. The molecule has 6 nitrogen and oxygen atoms in total. The minimum absolute atomic E-state index is 0.0689. The van der Waals surface area contributed by atoms with E-state index in [9.17, 15) is 18.0 Å². The maximum Gasteiger partial charge on any atom is 0.338 e. The summed E-state index contributed by atoms with van der Waals surface area (Å²) in [6.45, 7) is 4.83. The molecule has 2 aromatic carbocycles. The number of carbonyl (C=O) groups excluding carboxylic acids is 2. The largest absolute Gasteiger partial charge is 0.451 e. The predicted octanol–water partition coefficient (Wildman–Crippen LogP) is 3.04. The molecule has 0 heterocycles. The Hall–Kier alpha value is -2.67. The highest BCUT2D eigenvalue weighted by atomic mass is 32.2. The number of esters is 1. The number of anilines is 1. The smallest absolute Gasteiger partial charge is 0.338 e.